The first-order chi connectivity index (χ1) is 5.95. The van der Waals surface area contributed by atoms with Crippen molar-refractivity contribution in [1.82, 2.24) is 0 Å². The van der Waals surface area contributed by atoms with Gasteiger partial charge in [-0.25, -0.2) is 13.2 Å². The summed E-state index contributed by atoms with van der Waals surface area (Å²) in [6, 6.07) is 0.630. The van der Waals surface area contributed by atoms with E-state index in [0.29, 0.717) is 6.07 Å². The van der Waals surface area contributed by atoms with Crippen molar-refractivity contribution in [2.75, 3.05) is 0 Å². The highest BCUT2D eigenvalue weighted by molar-refractivity contribution is 6.67. The highest BCUT2D eigenvalue weighted by Gasteiger charge is 2.20. The fourth-order valence-corrected chi connectivity index (χ4v) is 1.05. The Labute approximate surface area is 81.1 Å². The maximum atomic E-state index is 12.7. The van der Waals surface area contributed by atoms with Crippen LogP contribution in [-0.4, -0.2) is 5.24 Å². The molecule has 0 spiro atoms. The van der Waals surface area contributed by atoms with Gasteiger partial charge in [-0.2, -0.15) is 0 Å². The van der Waals surface area contributed by atoms with E-state index in [1.165, 1.54) is 0 Å². The fraction of sp³-hybridized carbons (Fsp3) is 0. The van der Waals surface area contributed by atoms with Gasteiger partial charge in [0.2, 0.25) is 0 Å². The molecule has 0 saturated heterocycles. The molecule has 0 aliphatic carbocycles. The molecule has 70 valence electrons. The number of rotatable bonds is 1. The van der Waals surface area contributed by atoms with Crippen molar-refractivity contribution in [2.45, 2.75) is 0 Å². The van der Waals surface area contributed by atoms with E-state index < -0.39 is 33.3 Å². The van der Waals surface area contributed by atoms with Crippen LogP contribution in [0.2, 0.25) is 5.02 Å². The number of hydrogen-bond donors (Lipinski definition) is 0. The summed E-state index contributed by atoms with van der Waals surface area (Å²) < 4.78 is 37.8. The van der Waals surface area contributed by atoms with Gasteiger partial charge in [0.25, 0.3) is 5.24 Å². The summed E-state index contributed by atoms with van der Waals surface area (Å²) in [5.74, 6) is -4.99. The topological polar surface area (TPSA) is 17.1 Å². The van der Waals surface area contributed by atoms with Crippen LogP contribution in [0.25, 0.3) is 0 Å². The molecule has 1 aromatic rings. The van der Waals surface area contributed by atoms with Crippen LogP contribution in [0.5, 0.6) is 0 Å². The molecule has 1 nitrogen and oxygen atoms in total. The quantitative estimate of drug-likeness (QED) is 0.410. The third kappa shape index (κ3) is 1.78. The highest BCUT2D eigenvalue weighted by Crippen LogP contribution is 2.24. The third-order valence-electron chi connectivity index (χ3n) is 1.31. The van der Waals surface area contributed by atoms with Crippen molar-refractivity contribution in [3.05, 3.63) is 34.1 Å². The molecule has 0 aliphatic heterocycles. The van der Waals surface area contributed by atoms with Crippen molar-refractivity contribution >= 4 is 28.4 Å². The molecule has 0 unspecified atom stereocenters. The molecule has 0 N–H and O–H groups in total. The molecular weight excluding hydrogens is 228 g/mol. The van der Waals surface area contributed by atoms with Gasteiger partial charge in [0, 0.05) is 0 Å². The predicted molar refractivity (Wildman–Crippen MR) is 41.5 cm³/mol. The maximum absolute atomic E-state index is 12.7. The average molecular weight is 229 g/mol. The Morgan fingerprint density at radius 1 is 1.15 bits per heavy atom. The minimum Gasteiger partial charge on any atom is -0.275 e. The van der Waals surface area contributed by atoms with Crippen molar-refractivity contribution in [2.24, 2.45) is 0 Å². The van der Waals surface area contributed by atoms with Crippen molar-refractivity contribution in [3.63, 3.8) is 0 Å². The van der Waals surface area contributed by atoms with Gasteiger partial charge >= 0.3 is 0 Å². The van der Waals surface area contributed by atoms with Crippen LogP contribution in [0, 0.1) is 17.5 Å². The van der Waals surface area contributed by atoms with Crippen LogP contribution in [0.1, 0.15) is 10.4 Å². The lowest BCUT2D eigenvalue weighted by atomic mass is 10.2. The Balaban J connectivity index is 3.50. The van der Waals surface area contributed by atoms with Gasteiger partial charge < -0.3 is 0 Å². The zero-order valence-corrected chi connectivity index (χ0v) is 7.39. The molecule has 0 fully saturated rings. The van der Waals surface area contributed by atoms with Gasteiger partial charge in [-0.1, -0.05) is 11.6 Å². The van der Waals surface area contributed by atoms with E-state index in [1.807, 2.05) is 0 Å². The van der Waals surface area contributed by atoms with E-state index in [0.717, 1.165) is 0 Å². The SMILES string of the molecule is O=C(Cl)c1cc(Cl)c(F)c(F)c1F. The standard InChI is InChI=1S/C7HCl2F3O/c8-3-1-2(7(9)13)4(10)6(12)5(3)11/h1H. The van der Waals surface area contributed by atoms with Gasteiger partial charge in [0.1, 0.15) is 0 Å². The Bertz CT molecular complexity index is 378. The first-order valence-electron chi connectivity index (χ1n) is 2.98. The van der Waals surface area contributed by atoms with Gasteiger partial charge in [-0.05, 0) is 17.7 Å². The molecule has 0 radical (unpaired) electrons. The lowest BCUT2D eigenvalue weighted by Gasteiger charge is -2.01. The summed E-state index contributed by atoms with van der Waals surface area (Å²) in [4.78, 5) is 10.5. The lowest BCUT2D eigenvalue weighted by Crippen LogP contribution is -2.01. The molecular formula is C7HCl2F3O. The van der Waals surface area contributed by atoms with Crippen molar-refractivity contribution in [3.8, 4) is 0 Å². The van der Waals surface area contributed by atoms with E-state index in [1.54, 1.807) is 0 Å². The second-order valence-corrected chi connectivity index (χ2v) is 2.87. The van der Waals surface area contributed by atoms with E-state index in [4.69, 9.17) is 23.2 Å². The van der Waals surface area contributed by atoms with Crippen LogP contribution in [0.4, 0.5) is 13.2 Å². The Morgan fingerprint density at radius 2 is 1.69 bits per heavy atom. The Morgan fingerprint density at radius 3 is 2.15 bits per heavy atom. The Hall–Kier alpha value is -0.740. The average Bonchev–Trinajstić information content (AvgIpc) is 2.07. The summed E-state index contributed by atoms with van der Waals surface area (Å²) in [6.45, 7) is 0. The highest BCUT2D eigenvalue weighted by atomic mass is 35.5. The third-order valence-corrected chi connectivity index (χ3v) is 1.79. The summed E-state index contributed by atoms with van der Waals surface area (Å²) in [7, 11) is 0. The van der Waals surface area contributed by atoms with Crippen LogP contribution in [0.3, 0.4) is 0 Å². The number of halogens is 5. The van der Waals surface area contributed by atoms with E-state index in [-0.39, 0.29) is 0 Å². The van der Waals surface area contributed by atoms with Crippen LogP contribution < -0.4 is 0 Å². The minimum atomic E-state index is -1.81. The summed E-state index contributed by atoms with van der Waals surface area (Å²) in [5, 5.41) is -1.93. The second kappa shape index (κ2) is 3.55. The zero-order chi connectivity index (χ0) is 10.2. The lowest BCUT2D eigenvalue weighted by molar-refractivity contribution is 0.107. The summed E-state index contributed by atoms with van der Waals surface area (Å²) >= 11 is 10.0. The van der Waals surface area contributed by atoms with Crippen molar-refractivity contribution in [1.29, 1.82) is 0 Å². The normalized spacial score (nSPS) is 10.2. The Kier molecular flexibility index (Phi) is 2.83. The minimum absolute atomic E-state index is 0.630. The summed E-state index contributed by atoms with van der Waals surface area (Å²) in [6.07, 6.45) is 0. The number of carbonyl (C=O) groups is 1. The fourth-order valence-electron chi connectivity index (χ4n) is 0.716. The first-order valence-corrected chi connectivity index (χ1v) is 3.73. The van der Waals surface area contributed by atoms with Gasteiger partial charge in [-0.3, -0.25) is 4.79 Å². The van der Waals surface area contributed by atoms with Crippen molar-refractivity contribution < 1.29 is 18.0 Å². The predicted octanol–water partition coefficient (Wildman–Crippen LogP) is 3.14. The molecule has 0 atom stereocenters. The van der Waals surface area contributed by atoms with E-state index in [9.17, 15) is 18.0 Å². The molecule has 6 heteroatoms. The molecule has 13 heavy (non-hydrogen) atoms. The van der Waals surface area contributed by atoms with Gasteiger partial charge in [0.05, 0.1) is 10.6 Å². The monoisotopic (exact) mass is 228 g/mol. The van der Waals surface area contributed by atoms with Crippen LogP contribution >= 0.6 is 23.2 Å². The molecule has 1 aromatic carbocycles. The number of hydrogen-bond acceptors (Lipinski definition) is 1. The molecule has 0 aromatic heterocycles. The molecule has 0 aliphatic rings. The van der Waals surface area contributed by atoms with Crippen LogP contribution in [0.15, 0.2) is 6.07 Å². The largest absolute Gasteiger partial charge is 0.275 e. The molecule has 1 rings (SSSR count). The van der Waals surface area contributed by atoms with Gasteiger partial charge in [-0.15, -0.1) is 0 Å². The second-order valence-electron chi connectivity index (χ2n) is 2.12. The zero-order valence-electron chi connectivity index (χ0n) is 5.88. The van der Waals surface area contributed by atoms with E-state index in [2.05, 4.69) is 0 Å². The number of carbonyl (C=O) groups excluding carboxylic acids is 1. The molecule has 0 amide bonds. The molecule has 0 bridgehead atoms. The van der Waals surface area contributed by atoms with Gasteiger partial charge in [0.15, 0.2) is 17.5 Å². The molecule has 0 saturated carbocycles. The van der Waals surface area contributed by atoms with Crippen LogP contribution in [-0.2, 0) is 0 Å². The smallest absolute Gasteiger partial charge is 0.255 e. The summed E-state index contributed by atoms with van der Waals surface area (Å²) in [5.41, 5.74) is -0.787. The number of benzene rings is 1. The first kappa shape index (κ1) is 10.3. The maximum Gasteiger partial charge on any atom is 0.255 e. The van der Waals surface area contributed by atoms with E-state index >= 15 is 0 Å². The molecule has 0 heterocycles.